The van der Waals surface area contributed by atoms with Gasteiger partial charge in [0, 0.05) is 18.5 Å². The van der Waals surface area contributed by atoms with Gasteiger partial charge in [-0.25, -0.2) is 0 Å². The second kappa shape index (κ2) is 4.38. The van der Waals surface area contributed by atoms with Gasteiger partial charge >= 0.3 is 0 Å². The van der Waals surface area contributed by atoms with Gasteiger partial charge in [-0.3, -0.25) is 4.79 Å². The molecular weight excluding hydrogens is 198 g/mol. The van der Waals surface area contributed by atoms with Crippen LogP contribution in [0, 0.1) is 16.7 Å². The van der Waals surface area contributed by atoms with Crippen molar-refractivity contribution >= 4 is 5.91 Å². The van der Waals surface area contributed by atoms with E-state index in [0.717, 1.165) is 31.8 Å². The zero-order valence-electron chi connectivity index (χ0n) is 11.8. The van der Waals surface area contributed by atoms with Crippen molar-refractivity contribution in [1.82, 2.24) is 4.90 Å². The van der Waals surface area contributed by atoms with Crippen LogP contribution in [-0.2, 0) is 4.79 Å². The van der Waals surface area contributed by atoms with Gasteiger partial charge in [-0.1, -0.05) is 41.5 Å². The zero-order valence-corrected chi connectivity index (χ0v) is 11.8. The van der Waals surface area contributed by atoms with E-state index in [9.17, 15) is 4.79 Å². The summed E-state index contributed by atoms with van der Waals surface area (Å²) in [7, 11) is 0. The first kappa shape index (κ1) is 13.5. The molecular formula is C14H27NO. The summed E-state index contributed by atoms with van der Waals surface area (Å²) in [5.74, 6) is 1.07. The predicted molar refractivity (Wildman–Crippen MR) is 68.2 cm³/mol. The van der Waals surface area contributed by atoms with Crippen LogP contribution in [0.5, 0.6) is 0 Å². The van der Waals surface area contributed by atoms with Crippen molar-refractivity contribution in [1.29, 1.82) is 0 Å². The van der Waals surface area contributed by atoms with E-state index in [1.165, 1.54) is 0 Å². The SMILES string of the molecule is CC(C)(C)C(=O)N1CCC(C(C)(C)C)CC1. The van der Waals surface area contributed by atoms with Crippen LogP contribution >= 0.6 is 0 Å². The average Bonchev–Trinajstić information content (AvgIpc) is 2.14. The van der Waals surface area contributed by atoms with Gasteiger partial charge in [-0.2, -0.15) is 0 Å². The first-order valence-corrected chi connectivity index (χ1v) is 6.42. The van der Waals surface area contributed by atoms with E-state index in [1.54, 1.807) is 0 Å². The number of carbonyl (C=O) groups is 1. The molecule has 0 saturated carbocycles. The van der Waals surface area contributed by atoms with Crippen molar-refractivity contribution in [3.8, 4) is 0 Å². The Morgan fingerprint density at radius 2 is 1.44 bits per heavy atom. The molecule has 0 N–H and O–H groups in total. The van der Waals surface area contributed by atoms with Crippen LogP contribution in [0.1, 0.15) is 54.4 Å². The van der Waals surface area contributed by atoms with E-state index < -0.39 is 0 Å². The highest BCUT2D eigenvalue weighted by Gasteiger charge is 2.33. The standard InChI is InChI=1S/C14H27NO/c1-13(2,3)11-7-9-15(10-8-11)12(16)14(4,5)6/h11H,7-10H2,1-6H3. The molecule has 0 aromatic heterocycles. The van der Waals surface area contributed by atoms with E-state index in [4.69, 9.17) is 0 Å². The summed E-state index contributed by atoms with van der Waals surface area (Å²) < 4.78 is 0. The van der Waals surface area contributed by atoms with Gasteiger partial charge in [0.2, 0.25) is 5.91 Å². The van der Waals surface area contributed by atoms with Crippen molar-refractivity contribution in [3.63, 3.8) is 0 Å². The van der Waals surface area contributed by atoms with Crippen LogP contribution in [0.2, 0.25) is 0 Å². The summed E-state index contributed by atoms with van der Waals surface area (Å²) >= 11 is 0. The van der Waals surface area contributed by atoms with Crippen molar-refractivity contribution in [2.45, 2.75) is 54.4 Å². The Hall–Kier alpha value is -0.530. The van der Waals surface area contributed by atoms with Crippen molar-refractivity contribution in [3.05, 3.63) is 0 Å². The van der Waals surface area contributed by atoms with Gasteiger partial charge in [0.1, 0.15) is 0 Å². The smallest absolute Gasteiger partial charge is 0.227 e. The summed E-state index contributed by atoms with van der Waals surface area (Å²) in [6.07, 6.45) is 2.32. The molecule has 0 radical (unpaired) electrons. The van der Waals surface area contributed by atoms with Gasteiger partial charge in [0.15, 0.2) is 0 Å². The van der Waals surface area contributed by atoms with Crippen LogP contribution in [0.15, 0.2) is 0 Å². The molecule has 2 nitrogen and oxygen atoms in total. The highest BCUT2D eigenvalue weighted by molar-refractivity contribution is 5.81. The number of likely N-dealkylation sites (tertiary alicyclic amines) is 1. The van der Waals surface area contributed by atoms with Crippen LogP contribution in [0.3, 0.4) is 0 Å². The van der Waals surface area contributed by atoms with E-state index in [0.29, 0.717) is 11.3 Å². The summed E-state index contributed by atoms with van der Waals surface area (Å²) in [6, 6.07) is 0. The first-order chi connectivity index (χ1) is 7.12. The maximum atomic E-state index is 12.1. The second-order valence-electron chi connectivity index (χ2n) is 7.18. The van der Waals surface area contributed by atoms with Gasteiger partial charge in [0.05, 0.1) is 0 Å². The summed E-state index contributed by atoms with van der Waals surface area (Å²) in [6.45, 7) is 14.8. The Morgan fingerprint density at radius 1 is 1.00 bits per heavy atom. The van der Waals surface area contributed by atoms with Crippen molar-refractivity contribution in [2.75, 3.05) is 13.1 Å². The summed E-state index contributed by atoms with van der Waals surface area (Å²) in [5, 5.41) is 0. The van der Waals surface area contributed by atoms with Crippen molar-refractivity contribution in [2.24, 2.45) is 16.7 Å². The maximum absolute atomic E-state index is 12.1. The molecule has 0 spiro atoms. The Kier molecular flexibility index (Phi) is 3.71. The molecule has 1 aliphatic rings. The predicted octanol–water partition coefficient (Wildman–Crippen LogP) is 3.32. The molecule has 0 aromatic carbocycles. The minimum atomic E-state index is -0.228. The lowest BCUT2D eigenvalue weighted by Crippen LogP contribution is -2.45. The highest BCUT2D eigenvalue weighted by atomic mass is 16.2. The molecule has 1 saturated heterocycles. The first-order valence-electron chi connectivity index (χ1n) is 6.42. The van der Waals surface area contributed by atoms with E-state index in [1.807, 2.05) is 25.7 Å². The molecule has 0 unspecified atom stereocenters. The number of rotatable bonds is 0. The lowest BCUT2D eigenvalue weighted by Gasteiger charge is -2.40. The molecule has 1 fully saturated rings. The third-order valence-electron chi connectivity index (χ3n) is 3.65. The normalized spacial score (nSPS) is 20.0. The number of nitrogens with zero attached hydrogens (tertiary/aromatic N) is 1. The Labute approximate surface area is 100 Å². The molecule has 1 heterocycles. The molecule has 0 atom stereocenters. The van der Waals surface area contributed by atoms with Gasteiger partial charge in [-0.15, -0.1) is 0 Å². The fraction of sp³-hybridized carbons (Fsp3) is 0.929. The molecule has 1 rings (SSSR count). The molecule has 94 valence electrons. The maximum Gasteiger partial charge on any atom is 0.227 e. The molecule has 0 bridgehead atoms. The summed E-state index contributed by atoms with van der Waals surface area (Å²) in [5.41, 5.74) is 0.158. The monoisotopic (exact) mass is 225 g/mol. The number of amides is 1. The van der Waals surface area contributed by atoms with Crippen LogP contribution in [0.25, 0.3) is 0 Å². The lowest BCUT2D eigenvalue weighted by molar-refractivity contribution is -0.141. The van der Waals surface area contributed by atoms with Crippen LogP contribution < -0.4 is 0 Å². The van der Waals surface area contributed by atoms with E-state index >= 15 is 0 Å². The van der Waals surface area contributed by atoms with E-state index in [2.05, 4.69) is 20.8 Å². The van der Waals surface area contributed by atoms with Gasteiger partial charge < -0.3 is 4.90 Å². The average molecular weight is 225 g/mol. The topological polar surface area (TPSA) is 20.3 Å². The third kappa shape index (κ3) is 3.23. The van der Waals surface area contributed by atoms with Crippen LogP contribution in [-0.4, -0.2) is 23.9 Å². The van der Waals surface area contributed by atoms with E-state index in [-0.39, 0.29) is 5.41 Å². The van der Waals surface area contributed by atoms with Gasteiger partial charge in [-0.05, 0) is 24.2 Å². The fourth-order valence-electron chi connectivity index (χ4n) is 2.42. The minimum absolute atomic E-state index is 0.228. The molecule has 16 heavy (non-hydrogen) atoms. The lowest BCUT2D eigenvalue weighted by atomic mass is 9.75. The summed E-state index contributed by atoms with van der Waals surface area (Å²) in [4.78, 5) is 14.1. The minimum Gasteiger partial charge on any atom is -0.342 e. The quantitative estimate of drug-likeness (QED) is 0.619. The Balaban J connectivity index is 2.53. The number of hydrogen-bond donors (Lipinski definition) is 0. The number of hydrogen-bond acceptors (Lipinski definition) is 1. The zero-order chi connectivity index (χ0) is 12.6. The Bertz CT molecular complexity index is 249. The van der Waals surface area contributed by atoms with Gasteiger partial charge in [0.25, 0.3) is 0 Å². The fourth-order valence-corrected chi connectivity index (χ4v) is 2.42. The second-order valence-corrected chi connectivity index (χ2v) is 7.18. The Morgan fingerprint density at radius 3 is 1.75 bits per heavy atom. The molecule has 1 aliphatic heterocycles. The highest BCUT2D eigenvalue weighted by Crippen LogP contribution is 2.35. The third-order valence-corrected chi connectivity index (χ3v) is 3.65. The number of carbonyl (C=O) groups excluding carboxylic acids is 1. The van der Waals surface area contributed by atoms with Crippen molar-refractivity contribution < 1.29 is 4.79 Å². The molecule has 2 heteroatoms. The molecule has 1 amide bonds. The van der Waals surface area contributed by atoms with Crippen LogP contribution in [0.4, 0.5) is 0 Å². The largest absolute Gasteiger partial charge is 0.342 e. The number of piperidine rings is 1. The molecule has 0 aliphatic carbocycles. The molecule has 0 aromatic rings.